The number of benzene rings is 1. The summed E-state index contributed by atoms with van der Waals surface area (Å²) >= 11 is 6.19. The standard InChI is InChI=1S/C19H21ClN2O2/c1-12-10-13-8-9-22(12)11-16(13)21-19(23)18-7-6-17(24-18)14-4-2-3-5-15(14)20/h2-7,12-13,16H,8-11H2,1H3,(H,21,23). The zero-order valence-electron chi connectivity index (χ0n) is 13.7. The first kappa shape index (κ1) is 15.7. The van der Waals surface area contributed by atoms with Gasteiger partial charge in [-0.3, -0.25) is 9.69 Å². The summed E-state index contributed by atoms with van der Waals surface area (Å²) in [5.74, 6) is 1.40. The predicted molar refractivity (Wildman–Crippen MR) is 94.2 cm³/mol. The van der Waals surface area contributed by atoms with Crippen LogP contribution < -0.4 is 5.32 Å². The Morgan fingerprint density at radius 2 is 2.12 bits per heavy atom. The van der Waals surface area contributed by atoms with Crippen LogP contribution >= 0.6 is 11.6 Å². The Hall–Kier alpha value is -1.78. The molecule has 4 atom stereocenters. The molecule has 3 aliphatic heterocycles. The second-order valence-electron chi connectivity index (χ2n) is 6.85. The van der Waals surface area contributed by atoms with Crippen LogP contribution in [0.25, 0.3) is 11.3 Å². The van der Waals surface area contributed by atoms with Gasteiger partial charge in [0.1, 0.15) is 5.76 Å². The van der Waals surface area contributed by atoms with Gasteiger partial charge in [0.05, 0.1) is 5.02 Å². The molecule has 3 saturated heterocycles. The van der Waals surface area contributed by atoms with E-state index in [0.29, 0.717) is 28.5 Å². The minimum atomic E-state index is -0.139. The van der Waals surface area contributed by atoms with Crippen molar-refractivity contribution in [2.45, 2.75) is 31.8 Å². The minimum absolute atomic E-state index is 0.139. The number of amides is 1. The predicted octanol–water partition coefficient (Wildman–Crippen LogP) is 3.81. The fraction of sp³-hybridized carbons (Fsp3) is 0.421. The molecule has 1 N–H and O–H groups in total. The van der Waals surface area contributed by atoms with Crippen LogP contribution in [0.3, 0.4) is 0 Å². The van der Waals surface area contributed by atoms with E-state index in [-0.39, 0.29) is 11.9 Å². The van der Waals surface area contributed by atoms with E-state index < -0.39 is 0 Å². The summed E-state index contributed by atoms with van der Waals surface area (Å²) in [6, 6.07) is 11.8. The van der Waals surface area contributed by atoms with E-state index in [2.05, 4.69) is 17.1 Å². The molecule has 0 saturated carbocycles. The summed E-state index contributed by atoms with van der Waals surface area (Å²) in [4.78, 5) is 15.0. The minimum Gasteiger partial charge on any atom is -0.451 e. The number of nitrogens with zero attached hydrogens (tertiary/aromatic N) is 1. The molecule has 0 radical (unpaired) electrons. The molecule has 1 aromatic heterocycles. The van der Waals surface area contributed by atoms with Crippen LogP contribution in [-0.2, 0) is 0 Å². The number of carbonyl (C=O) groups is 1. The van der Waals surface area contributed by atoms with Crippen LogP contribution in [0.1, 0.15) is 30.3 Å². The molecule has 3 fully saturated rings. The average Bonchev–Trinajstić information content (AvgIpc) is 3.06. The number of furan rings is 1. The van der Waals surface area contributed by atoms with Gasteiger partial charge in [-0.15, -0.1) is 0 Å². The van der Waals surface area contributed by atoms with Crippen molar-refractivity contribution in [2.24, 2.45) is 5.92 Å². The molecule has 5 heteroatoms. The van der Waals surface area contributed by atoms with Crippen molar-refractivity contribution in [1.82, 2.24) is 10.2 Å². The molecule has 1 amide bonds. The van der Waals surface area contributed by atoms with E-state index in [0.717, 1.165) is 31.5 Å². The van der Waals surface area contributed by atoms with Crippen LogP contribution in [0, 0.1) is 5.92 Å². The summed E-state index contributed by atoms with van der Waals surface area (Å²) in [7, 11) is 0. The molecule has 2 aromatic rings. The number of nitrogens with one attached hydrogen (secondary N) is 1. The molecule has 4 heterocycles. The normalized spacial score (nSPS) is 28.8. The molecule has 24 heavy (non-hydrogen) atoms. The van der Waals surface area contributed by atoms with Gasteiger partial charge in [-0.2, -0.15) is 0 Å². The highest BCUT2D eigenvalue weighted by molar-refractivity contribution is 6.33. The fourth-order valence-corrected chi connectivity index (χ4v) is 4.19. The first-order valence-electron chi connectivity index (χ1n) is 8.51. The smallest absolute Gasteiger partial charge is 0.287 e. The highest BCUT2D eigenvalue weighted by atomic mass is 35.5. The van der Waals surface area contributed by atoms with Gasteiger partial charge in [-0.05, 0) is 56.5 Å². The molecule has 5 rings (SSSR count). The van der Waals surface area contributed by atoms with Crippen LogP contribution in [0.2, 0.25) is 5.02 Å². The first-order chi connectivity index (χ1) is 11.6. The van der Waals surface area contributed by atoms with Crippen molar-refractivity contribution in [3.8, 4) is 11.3 Å². The van der Waals surface area contributed by atoms with Crippen LogP contribution in [-0.4, -0.2) is 36.0 Å². The molecular weight excluding hydrogens is 324 g/mol. The summed E-state index contributed by atoms with van der Waals surface area (Å²) in [5.41, 5.74) is 0.801. The van der Waals surface area contributed by atoms with Crippen molar-refractivity contribution in [3.05, 3.63) is 47.2 Å². The number of rotatable bonds is 3. The lowest BCUT2D eigenvalue weighted by Crippen LogP contribution is -2.60. The Morgan fingerprint density at radius 3 is 2.83 bits per heavy atom. The number of halogens is 1. The van der Waals surface area contributed by atoms with Gasteiger partial charge in [0, 0.05) is 24.2 Å². The Kier molecular flexibility index (Phi) is 4.10. The first-order valence-corrected chi connectivity index (χ1v) is 8.89. The van der Waals surface area contributed by atoms with Crippen LogP contribution in [0.4, 0.5) is 0 Å². The van der Waals surface area contributed by atoms with E-state index in [9.17, 15) is 4.79 Å². The Labute approximate surface area is 146 Å². The van der Waals surface area contributed by atoms with Gasteiger partial charge in [-0.1, -0.05) is 23.7 Å². The van der Waals surface area contributed by atoms with Crippen molar-refractivity contribution in [2.75, 3.05) is 13.1 Å². The molecule has 126 valence electrons. The number of hydrogen-bond acceptors (Lipinski definition) is 3. The van der Waals surface area contributed by atoms with Gasteiger partial charge in [0.15, 0.2) is 5.76 Å². The van der Waals surface area contributed by atoms with Crippen molar-refractivity contribution in [3.63, 3.8) is 0 Å². The lowest BCUT2D eigenvalue weighted by molar-refractivity contribution is 0.0269. The lowest BCUT2D eigenvalue weighted by atomic mass is 9.80. The third-order valence-corrected chi connectivity index (χ3v) is 5.67. The van der Waals surface area contributed by atoms with E-state index in [4.69, 9.17) is 16.0 Å². The van der Waals surface area contributed by atoms with Crippen molar-refractivity contribution < 1.29 is 9.21 Å². The molecule has 0 spiro atoms. The Morgan fingerprint density at radius 1 is 1.29 bits per heavy atom. The second kappa shape index (κ2) is 6.26. The molecule has 4 nitrogen and oxygen atoms in total. The molecule has 1 aromatic carbocycles. The van der Waals surface area contributed by atoms with Crippen molar-refractivity contribution >= 4 is 17.5 Å². The zero-order chi connectivity index (χ0) is 16.7. The molecule has 2 bridgehead atoms. The van der Waals surface area contributed by atoms with Gasteiger partial charge >= 0.3 is 0 Å². The number of fused-ring (bicyclic) bond motifs is 3. The number of hydrogen-bond donors (Lipinski definition) is 1. The summed E-state index contributed by atoms with van der Waals surface area (Å²) in [5, 5.41) is 3.78. The monoisotopic (exact) mass is 344 g/mol. The highest BCUT2D eigenvalue weighted by Crippen LogP contribution is 2.32. The average molecular weight is 345 g/mol. The third kappa shape index (κ3) is 2.85. The maximum atomic E-state index is 12.5. The molecule has 4 unspecified atom stereocenters. The van der Waals surface area contributed by atoms with E-state index >= 15 is 0 Å². The van der Waals surface area contributed by atoms with E-state index in [1.165, 1.54) is 0 Å². The fourth-order valence-electron chi connectivity index (χ4n) is 3.96. The number of carbonyl (C=O) groups excluding carboxylic acids is 1. The van der Waals surface area contributed by atoms with E-state index in [1.807, 2.05) is 24.3 Å². The van der Waals surface area contributed by atoms with E-state index in [1.54, 1.807) is 12.1 Å². The SMILES string of the molecule is CC1CC2CCN1CC2NC(=O)c1ccc(-c2ccccc2Cl)o1. The Bertz CT molecular complexity index is 757. The van der Waals surface area contributed by atoms with Gasteiger partial charge < -0.3 is 9.73 Å². The van der Waals surface area contributed by atoms with Crippen LogP contribution in [0.5, 0.6) is 0 Å². The topological polar surface area (TPSA) is 45.5 Å². The largest absolute Gasteiger partial charge is 0.451 e. The molecular formula is C19H21ClN2O2. The molecule has 0 aliphatic carbocycles. The second-order valence-corrected chi connectivity index (χ2v) is 7.26. The van der Waals surface area contributed by atoms with Crippen LogP contribution in [0.15, 0.2) is 40.8 Å². The number of piperidine rings is 3. The quantitative estimate of drug-likeness (QED) is 0.920. The summed E-state index contributed by atoms with van der Waals surface area (Å²) in [6.07, 6.45) is 2.33. The van der Waals surface area contributed by atoms with Gasteiger partial charge in [0.25, 0.3) is 5.91 Å². The summed E-state index contributed by atoms with van der Waals surface area (Å²) in [6.45, 7) is 4.36. The van der Waals surface area contributed by atoms with Crippen molar-refractivity contribution in [1.29, 1.82) is 0 Å². The third-order valence-electron chi connectivity index (χ3n) is 5.34. The molecule has 3 aliphatic rings. The maximum Gasteiger partial charge on any atom is 0.287 e. The maximum absolute atomic E-state index is 12.5. The highest BCUT2D eigenvalue weighted by Gasteiger charge is 2.39. The summed E-state index contributed by atoms with van der Waals surface area (Å²) < 4.78 is 5.74. The van der Waals surface area contributed by atoms with Gasteiger partial charge in [0.2, 0.25) is 0 Å². The Balaban J connectivity index is 1.47. The zero-order valence-corrected chi connectivity index (χ0v) is 14.4. The van der Waals surface area contributed by atoms with Gasteiger partial charge in [-0.25, -0.2) is 0 Å². The lowest BCUT2D eigenvalue weighted by Gasteiger charge is -2.48.